The van der Waals surface area contributed by atoms with Gasteiger partial charge in [-0.25, -0.2) is 9.78 Å². The molecule has 0 aliphatic rings. The van der Waals surface area contributed by atoms with E-state index in [2.05, 4.69) is 37.5 Å². The van der Waals surface area contributed by atoms with Gasteiger partial charge in [0.2, 0.25) is 0 Å². The average molecular weight is 308 g/mol. The molecule has 1 N–H and O–H groups in total. The number of carboxylic acid groups (broad SMARTS) is 1. The molecular formula is C19H20N2O2. The Bertz CT molecular complexity index is 894. The first-order valence-corrected chi connectivity index (χ1v) is 7.78. The molecule has 1 aromatic heterocycles. The minimum Gasteiger partial charge on any atom is -0.478 e. The van der Waals surface area contributed by atoms with Gasteiger partial charge in [-0.2, -0.15) is 0 Å². The van der Waals surface area contributed by atoms with Crippen LogP contribution in [0.1, 0.15) is 39.8 Å². The first-order chi connectivity index (χ1) is 11.0. The van der Waals surface area contributed by atoms with Gasteiger partial charge in [0.1, 0.15) is 5.82 Å². The van der Waals surface area contributed by atoms with Crippen molar-refractivity contribution in [3.8, 4) is 0 Å². The van der Waals surface area contributed by atoms with Crippen molar-refractivity contribution in [3.05, 3.63) is 64.5 Å². The molecule has 3 aromatic rings. The van der Waals surface area contributed by atoms with E-state index in [-0.39, 0.29) is 0 Å². The summed E-state index contributed by atoms with van der Waals surface area (Å²) in [5, 5.41) is 9.16. The van der Waals surface area contributed by atoms with Crippen molar-refractivity contribution in [2.75, 3.05) is 0 Å². The molecule has 0 saturated heterocycles. The zero-order chi connectivity index (χ0) is 16.6. The Morgan fingerprint density at radius 3 is 2.61 bits per heavy atom. The third-order valence-electron chi connectivity index (χ3n) is 4.27. The number of fused-ring (bicyclic) bond motifs is 1. The lowest BCUT2D eigenvalue weighted by atomic mass is 10.1. The summed E-state index contributed by atoms with van der Waals surface area (Å²) in [6.45, 7) is 6.91. The fourth-order valence-corrected chi connectivity index (χ4v) is 2.86. The normalized spacial score (nSPS) is 11.1. The number of rotatable bonds is 4. The molecule has 0 saturated carbocycles. The van der Waals surface area contributed by atoms with E-state index in [9.17, 15) is 4.79 Å². The van der Waals surface area contributed by atoms with Gasteiger partial charge < -0.3 is 9.67 Å². The maximum atomic E-state index is 11.2. The molecule has 0 bridgehead atoms. The number of aromatic carboxylic acids is 1. The molecule has 0 fully saturated rings. The van der Waals surface area contributed by atoms with Crippen LogP contribution in [0.5, 0.6) is 0 Å². The van der Waals surface area contributed by atoms with E-state index >= 15 is 0 Å². The van der Waals surface area contributed by atoms with Gasteiger partial charge in [-0.05, 0) is 54.8 Å². The van der Waals surface area contributed by atoms with E-state index in [0.717, 1.165) is 28.8 Å². The Balaban J connectivity index is 2.10. The standard InChI is InChI=1S/C19H20N2O2/c1-4-18-20-16-8-12(2)13(3)9-17(16)21(18)11-14-6-5-7-15(10-14)19(22)23/h5-10H,4,11H2,1-3H3,(H,22,23). The van der Waals surface area contributed by atoms with Crippen LogP contribution in [0, 0.1) is 13.8 Å². The summed E-state index contributed by atoms with van der Waals surface area (Å²) >= 11 is 0. The molecule has 0 amide bonds. The van der Waals surface area contributed by atoms with Crippen LogP contribution in [0.3, 0.4) is 0 Å². The first-order valence-electron chi connectivity index (χ1n) is 7.78. The molecule has 0 aliphatic heterocycles. The van der Waals surface area contributed by atoms with E-state index in [4.69, 9.17) is 10.1 Å². The molecular weight excluding hydrogens is 288 g/mol. The highest BCUT2D eigenvalue weighted by molar-refractivity contribution is 5.87. The van der Waals surface area contributed by atoms with Crippen LogP contribution < -0.4 is 0 Å². The molecule has 0 aliphatic carbocycles. The number of imidazole rings is 1. The minimum absolute atomic E-state index is 0.317. The number of carboxylic acids is 1. The Labute approximate surface area is 135 Å². The molecule has 0 radical (unpaired) electrons. The summed E-state index contributed by atoms with van der Waals surface area (Å²) in [6.07, 6.45) is 0.839. The SMILES string of the molecule is CCc1nc2cc(C)c(C)cc2n1Cc1cccc(C(=O)O)c1. The Hall–Kier alpha value is -2.62. The highest BCUT2D eigenvalue weighted by Crippen LogP contribution is 2.22. The summed E-state index contributed by atoms with van der Waals surface area (Å²) in [5.41, 5.74) is 5.86. The molecule has 0 unspecified atom stereocenters. The number of hydrogen-bond acceptors (Lipinski definition) is 2. The predicted molar refractivity (Wildman–Crippen MR) is 91.1 cm³/mol. The van der Waals surface area contributed by atoms with Crippen molar-refractivity contribution < 1.29 is 9.90 Å². The van der Waals surface area contributed by atoms with E-state index in [0.29, 0.717) is 12.1 Å². The number of hydrogen-bond donors (Lipinski definition) is 1. The molecule has 2 aromatic carbocycles. The second-order valence-corrected chi connectivity index (χ2v) is 5.90. The molecule has 1 heterocycles. The van der Waals surface area contributed by atoms with Gasteiger partial charge in [0.15, 0.2) is 0 Å². The third kappa shape index (κ3) is 2.84. The lowest BCUT2D eigenvalue weighted by Crippen LogP contribution is -2.06. The number of aryl methyl sites for hydroxylation is 3. The van der Waals surface area contributed by atoms with Crippen LogP contribution in [-0.4, -0.2) is 20.6 Å². The van der Waals surface area contributed by atoms with Gasteiger partial charge in [0.05, 0.1) is 16.6 Å². The molecule has 0 spiro atoms. The highest BCUT2D eigenvalue weighted by atomic mass is 16.4. The van der Waals surface area contributed by atoms with Crippen LogP contribution in [0.25, 0.3) is 11.0 Å². The number of nitrogens with zero attached hydrogens (tertiary/aromatic N) is 2. The van der Waals surface area contributed by atoms with Crippen LogP contribution in [0.2, 0.25) is 0 Å². The minimum atomic E-state index is -0.899. The van der Waals surface area contributed by atoms with Crippen LogP contribution in [0.4, 0.5) is 0 Å². The summed E-state index contributed by atoms with van der Waals surface area (Å²) in [5.74, 6) is 0.121. The quantitative estimate of drug-likeness (QED) is 0.793. The summed E-state index contributed by atoms with van der Waals surface area (Å²) < 4.78 is 2.18. The van der Waals surface area contributed by atoms with Crippen LogP contribution >= 0.6 is 0 Å². The van der Waals surface area contributed by atoms with Gasteiger partial charge >= 0.3 is 5.97 Å². The van der Waals surface area contributed by atoms with Gasteiger partial charge in [0.25, 0.3) is 0 Å². The summed E-state index contributed by atoms with van der Waals surface area (Å²) in [4.78, 5) is 15.9. The third-order valence-corrected chi connectivity index (χ3v) is 4.27. The molecule has 23 heavy (non-hydrogen) atoms. The van der Waals surface area contributed by atoms with Crippen molar-refractivity contribution in [1.82, 2.24) is 9.55 Å². The van der Waals surface area contributed by atoms with Crippen molar-refractivity contribution in [1.29, 1.82) is 0 Å². The first kappa shape index (κ1) is 15.3. The Morgan fingerprint density at radius 1 is 1.17 bits per heavy atom. The number of benzene rings is 2. The molecule has 3 rings (SSSR count). The Morgan fingerprint density at radius 2 is 1.91 bits per heavy atom. The van der Waals surface area contributed by atoms with E-state index in [1.54, 1.807) is 18.2 Å². The van der Waals surface area contributed by atoms with Gasteiger partial charge in [0, 0.05) is 13.0 Å². The maximum absolute atomic E-state index is 11.2. The van der Waals surface area contributed by atoms with Crippen LogP contribution in [-0.2, 0) is 13.0 Å². The smallest absolute Gasteiger partial charge is 0.335 e. The average Bonchev–Trinajstić information content (AvgIpc) is 2.85. The van der Waals surface area contributed by atoms with Gasteiger partial charge in [-0.3, -0.25) is 0 Å². The molecule has 4 nitrogen and oxygen atoms in total. The lowest BCUT2D eigenvalue weighted by molar-refractivity contribution is 0.0696. The van der Waals surface area contributed by atoms with E-state index in [1.165, 1.54) is 11.1 Å². The fourth-order valence-electron chi connectivity index (χ4n) is 2.86. The van der Waals surface area contributed by atoms with Crippen molar-refractivity contribution in [2.45, 2.75) is 33.7 Å². The maximum Gasteiger partial charge on any atom is 0.335 e. The second-order valence-electron chi connectivity index (χ2n) is 5.90. The second kappa shape index (κ2) is 5.88. The van der Waals surface area contributed by atoms with Crippen molar-refractivity contribution >= 4 is 17.0 Å². The number of aromatic nitrogens is 2. The summed E-state index contributed by atoms with van der Waals surface area (Å²) in [6, 6.07) is 11.4. The lowest BCUT2D eigenvalue weighted by Gasteiger charge is -2.10. The predicted octanol–water partition coefficient (Wildman–Crippen LogP) is 3.96. The van der Waals surface area contributed by atoms with Crippen LogP contribution in [0.15, 0.2) is 36.4 Å². The van der Waals surface area contributed by atoms with Gasteiger partial charge in [-0.15, -0.1) is 0 Å². The largest absolute Gasteiger partial charge is 0.478 e. The summed E-state index contributed by atoms with van der Waals surface area (Å²) in [7, 11) is 0. The zero-order valence-electron chi connectivity index (χ0n) is 13.6. The van der Waals surface area contributed by atoms with Crippen molar-refractivity contribution in [3.63, 3.8) is 0 Å². The van der Waals surface area contributed by atoms with Gasteiger partial charge in [-0.1, -0.05) is 19.1 Å². The highest BCUT2D eigenvalue weighted by Gasteiger charge is 2.12. The molecule has 4 heteroatoms. The number of carbonyl (C=O) groups is 1. The van der Waals surface area contributed by atoms with Crippen molar-refractivity contribution in [2.24, 2.45) is 0 Å². The molecule has 118 valence electrons. The monoisotopic (exact) mass is 308 g/mol. The topological polar surface area (TPSA) is 55.1 Å². The zero-order valence-corrected chi connectivity index (χ0v) is 13.6. The fraction of sp³-hybridized carbons (Fsp3) is 0.263. The van der Waals surface area contributed by atoms with E-state index in [1.807, 2.05) is 6.07 Å². The Kier molecular flexibility index (Phi) is 3.90. The van der Waals surface area contributed by atoms with E-state index < -0.39 is 5.97 Å². The molecule has 0 atom stereocenters.